The van der Waals surface area contributed by atoms with Gasteiger partial charge >= 0.3 is 0 Å². The standard InChI is InChI=1S/C15H11BrCl2O2/c16-12-6-9(18)1-3-10(12)15-7-13(19)11-5-8(17)2-4-14(11)20-15/h1-6,13,15,19H,7H2. The fourth-order valence-electron chi connectivity index (χ4n) is 2.37. The number of fused-ring (bicyclic) bond motifs is 1. The van der Waals surface area contributed by atoms with E-state index in [1.807, 2.05) is 18.2 Å². The SMILES string of the molecule is OC1CC(c2ccc(Cl)cc2Br)Oc2ccc(Cl)cc21. The van der Waals surface area contributed by atoms with Crippen molar-refractivity contribution in [2.45, 2.75) is 18.6 Å². The average molecular weight is 374 g/mol. The zero-order chi connectivity index (χ0) is 14.3. The lowest BCUT2D eigenvalue weighted by molar-refractivity contribution is 0.0654. The first-order chi connectivity index (χ1) is 9.54. The molecule has 0 radical (unpaired) electrons. The molecule has 104 valence electrons. The van der Waals surface area contributed by atoms with Gasteiger partial charge in [0.2, 0.25) is 0 Å². The Hall–Kier alpha value is -0.740. The van der Waals surface area contributed by atoms with Crippen LogP contribution in [0.1, 0.15) is 29.8 Å². The number of benzene rings is 2. The topological polar surface area (TPSA) is 29.5 Å². The molecule has 2 unspecified atom stereocenters. The Bertz CT molecular complexity index is 660. The van der Waals surface area contributed by atoms with Crippen LogP contribution >= 0.6 is 39.1 Å². The summed E-state index contributed by atoms with van der Waals surface area (Å²) in [6, 6.07) is 10.8. The molecule has 0 aromatic heterocycles. The normalized spacial score (nSPS) is 21.2. The van der Waals surface area contributed by atoms with Gasteiger partial charge < -0.3 is 9.84 Å². The largest absolute Gasteiger partial charge is 0.485 e. The van der Waals surface area contributed by atoms with E-state index < -0.39 is 6.10 Å². The van der Waals surface area contributed by atoms with Crippen LogP contribution in [-0.4, -0.2) is 5.11 Å². The molecule has 0 spiro atoms. The van der Waals surface area contributed by atoms with Crippen LogP contribution in [0.4, 0.5) is 0 Å². The van der Waals surface area contributed by atoms with Crippen LogP contribution in [0.2, 0.25) is 10.0 Å². The maximum atomic E-state index is 10.3. The molecular formula is C15H11BrCl2O2. The smallest absolute Gasteiger partial charge is 0.128 e. The Morgan fingerprint density at radius 1 is 1.05 bits per heavy atom. The zero-order valence-electron chi connectivity index (χ0n) is 10.3. The molecule has 2 aromatic carbocycles. The lowest BCUT2D eigenvalue weighted by Gasteiger charge is -2.30. The fraction of sp³-hybridized carbons (Fsp3) is 0.200. The summed E-state index contributed by atoms with van der Waals surface area (Å²) in [4.78, 5) is 0. The summed E-state index contributed by atoms with van der Waals surface area (Å²) in [5, 5.41) is 11.5. The monoisotopic (exact) mass is 372 g/mol. The molecule has 1 aliphatic heterocycles. The maximum absolute atomic E-state index is 10.3. The molecule has 2 nitrogen and oxygen atoms in total. The third-order valence-electron chi connectivity index (χ3n) is 3.35. The van der Waals surface area contributed by atoms with Gasteiger partial charge in [0.25, 0.3) is 0 Å². The second kappa shape index (κ2) is 5.57. The summed E-state index contributed by atoms with van der Waals surface area (Å²) in [5.41, 5.74) is 1.70. The fourth-order valence-corrected chi connectivity index (χ4v) is 3.49. The van der Waals surface area contributed by atoms with Crippen LogP contribution in [0.3, 0.4) is 0 Å². The van der Waals surface area contributed by atoms with Gasteiger partial charge in [0, 0.05) is 32.1 Å². The molecule has 1 N–H and O–H groups in total. The van der Waals surface area contributed by atoms with Gasteiger partial charge in [-0.2, -0.15) is 0 Å². The van der Waals surface area contributed by atoms with E-state index in [4.69, 9.17) is 27.9 Å². The van der Waals surface area contributed by atoms with Crippen molar-refractivity contribution in [2.24, 2.45) is 0 Å². The summed E-state index contributed by atoms with van der Waals surface area (Å²) in [5.74, 6) is 0.667. The van der Waals surface area contributed by atoms with E-state index in [1.165, 1.54) is 0 Å². The number of ether oxygens (including phenoxy) is 1. The Morgan fingerprint density at radius 2 is 1.75 bits per heavy atom. The first-order valence-electron chi connectivity index (χ1n) is 6.13. The molecular weight excluding hydrogens is 363 g/mol. The summed E-state index contributed by atoms with van der Waals surface area (Å²) in [7, 11) is 0. The maximum Gasteiger partial charge on any atom is 0.128 e. The van der Waals surface area contributed by atoms with Crippen molar-refractivity contribution in [1.82, 2.24) is 0 Å². The predicted molar refractivity (Wildman–Crippen MR) is 83.5 cm³/mol. The highest BCUT2D eigenvalue weighted by atomic mass is 79.9. The first kappa shape index (κ1) is 14.2. The van der Waals surface area contributed by atoms with Crippen LogP contribution in [-0.2, 0) is 0 Å². The minimum atomic E-state index is -0.593. The second-order valence-electron chi connectivity index (χ2n) is 4.71. The van der Waals surface area contributed by atoms with Crippen molar-refractivity contribution < 1.29 is 9.84 Å². The summed E-state index contributed by atoms with van der Waals surface area (Å²) >= 11 is 15.4. The minimum Gasteiger partial charge on any atom is -0.485 e. The van der Waals surface area contributed by atoms with Crippen molar-refractivity contribution in [3.8, 4) is 5.75 Å². The number of aliphatic hydroxyl groups excluding tert-OH is 1. The predicted octanol–water partition coefficient (Wildman–Crippen LogP) is 5.31. The second-order valence-corrected chi connectivity index (χ2v) is 6.43. The van der Waals surface area contributed by atoms with Crippen LogP contribution in [0.5, 0.6) is 5.75 Å². The highest BCUT2D eigenvalue weighted by Crippen LogP contribution is 2.43. The van der Waals surface area contributed by atoms with E-state index in [2.05, 4.69) is 15.9 Å². The Morgan fingerprint density at radius 3 is 2.50 bits per heavy atom. The molecule has 2 aromatic rings. The average Bonchev–Trinajstić information content (AvgIpc) is 2.39. The Labute approximate surface area is 135 Å². The lowest BCUT2D eigenvalue weighted by atomic mass is 9.95. The summed E-state index contributed by atoms with van der Waals surface area (Å²) < 4.78 is 6.85. The van der Waals surface area contributed by atoms with Gasteiger partial charge in [-0.05, 0) is 30.3 Å². The molecule has 1 aliphatic rings. The number of hydrogen-bond donors (Lipinski definition) is 1. The third kappa shape index (κ3) is 2.68. The Balaban J connectivity index is 1.97. The summed E-state index contributed by atoms with van der Waals surface area (Å²) in [6.07, 6.45) is -0.330. The highest BCUT2D eigenvalue weighted by molar-refractivity contribution is 9.10. The van der Waals surface area contributed by atoms with Crippen molar-refractivity contribution in [3.05, 3.63) is 62.0 Å². The molecule has 2 atom stereocenters. The van der Waals surface area contributed by atoms with E-state index in [-0.39, 0.29) is 6.10 Å². The molecule has 20 heavy (non-hydrogen) atoms. The molecule has 0 bridgehead atoms. The van der Waals surface area contributed by atoms with Gasteiger partial charge in [-0.25, -0.2) is 0 Å². The number of aliphatic hydroxyl groups is 1. The molecule has 0 fully saturated rings. The summed E-state index contributed by atoms with van der Waals surface area (Å²) in [6.45, 7) is 0. The molecule has 0 saturated heterocycles. The highest BCUT2D eigenvalue weighted by Gasteiger charge is 2.29. The first-order valence-corrected chi connectivity index (χ1v) is 7.68. The molecule has 0 aliphatic carbocycles. The minimum absolute atomic E-state index is 0.217. The van der Waals surface area contributed by atoms with Crippen molar-refractivity contribution in [2.75, 3.05) is 0 Å². The molecule has 1 heterocycles. The van der Waals surface area contributed by atoms with Crippen LogP contribution in [0.15, 0.2) is 40.9 Å². The quantitative estimate of drug-likeness (QED) is 0.733. The third-order valence-corrected chi connectivity index (χ3v) is 4.50. The Kier molecular flexibility index (Phi) is 3.95. The van der Waals surface area contributed by atoms with Gasteiger partial charge in [0.05, 0.1) is 6.10 Å². The molecule has 5 heteroatoms. The van der Waals surface area contributed by atoms with Crippen molar-refractivity contribution in [1.29, 1.82) is 0 Å². The molecule has 3 rings (SSSR count). The van der Waals surface area contributed by atoms with Crippen LogP contribution < -0.4 is 4.74 Å². The van der Waals surface area contributed by atoms with Gasteiger partial charge in [-0.15, -0.1) is 0 Å². The van der Waals surface area contributed by atoms with Gasteiger partial charge in [0.1, 0.15) is 11.9 Å². The van der Waals surface area contributed by atoms with Crippen LogP contribution in [0, 0.1) is 0 Å². The zero-order valence-corrected chi connectivity index (χ0v) is 13.4. The van der Waals surface area contributed by atoms with Gasteiger partial charge in [-0.3, -0.25) is 0 Å². The van der Waals surface area contributed by atoms with Crippen molar-refractivity contribution >= 4 is 39.1 Å². The van der Waals surface area contributed by atoms with E-state index in [0.717, 1.165) is 15.6 Å². The molecule has 0 saturated carbocycles. The van der Waals surface area contributed by atoms with E-state index in [1.54, 1.807) is 18.2 Å². The molecule has 0 amide bonds. The van der Waals surface area contributed by atoms with E-state index >= 15 is 0 Å². The van der Waals surface area contributed by atoms with E-state index in [0.29, 0.717) is 22.2 Å². The van der Waals surface area contributed by atoms with Crippen LogP contribution in [0.25, 0.3) is 0 Å². The lowest BCUT2D eigenvalue weighted by Crippen LogP contribution is -2.19. The van der Waals surface area contributed by atoms with Gasteiger partial charge in [0.15, 0.2) is 0 Å². The number of halogens is 3. The number of rotatable bonds is 1. The number of hydrogen-bond acceptors (Lipinski definition) is 2. The van der Waals surface area contributed by atoms with Gasteiger partial charge in [-0.1, -0.05) is 45.2 Å². The van der Waals surface area contributed by atoms with Crippen molar-refractivity contribution in [3.63, 3.8) is 0 Å². The van der Waals surface area contributed by atoms with E-state index in [9.17, 15) is 5.11 Å².